The van der Waals surface area contributed by atoms with Gasteiger partial charge in [0, 0.05) is 19.0 Å². The molecular weight excluding hydrogens is 460 g/mol. The largest absolute Gasteiger partial charge is 0.457 e. The summed E-state index contributed by atoms with van der Waals surface area (Å²) in [5.41, 5.74) is 2.15. The predicted octanol–water partition coefficient (Wildman–Crippen LogP) is 6.12. The van der Waals surface area contributed by atoms with Crippen LogP contribution in [0.1, 0.15) is 24.5 Å². The summed E-state index contributed by atoms with van der Waals surface area (Å²) in [6.45, 7) is 6.02. The van der Waals surface area contributed by atoms with Crippen LogP contribution in [-0.4, -0.2) is 30.2 Å². The lowest BCUT2D eigenvalue weighted by Gasteiger charge is -2.19. The maximum Gasteiger partial charge on any atom is 0.241 e. The number of hydrazone groups is 1. The first-order valence-corrected chi connectivity index (χ1v) is 11.9. The van der Waals surface area contributed by atoms with E-state index in [4.69, 9.17) is 4.74 Å². The molecule has 0 spiro atoms. The fourth-order valence-corrected chi connectivity index (χ4v) is 3.73. The van der Waals surface area contributed by atoms with Crippen molar-refractivity contribution in [1.29, 1.82) is 0 Å². The van der Waals surface area contributed by atoms with Crippen LogP contribution in [0.15, 0.2) is 90.7 Å². The minimum absolute atomic E-state index is 0.0899. The highest BCUT2D eigenvalue weighted by molar-refractivity contribution is 5.78. The number of carbonyl (C=O) groups is 1. The first-order valence-electron chi connectivity index (χ1n) is 11.9. The lowest BCUT2D eigenvalue weighted by Crippen LogP contribution is -2.36. The van der Waals surface area contributed by atoms with E-state index in [0.717, 1.165) is 24.0 Å². The topological polar surface area (TPSA) is 53.9 Å². The smallest absolute Gasteiger partial charge is 0.241 e. The molecule has 0 unspecified atom stereocenters. The molecule has 1 atom stereocenters. The number of nitrogens with one attached hydrogen (secondary N) is 1. The molecule has 0 bridgehead atoms. The van der Waals surface area contributed by atoms with Gasteiger partial charge in [0.05, 0.1) is 0 Å². The molecule has 5 nitrogen and oxygen atoms in total. The van der Waals surface area contributed by atoms with Crippen LogP contribution < -0.4 is 10.1 Å². The highest BCUT2D eigenvalue weighted by atomic mass is 19.1. The fraction of sp³-hybridized carbons (Fsp3) is 0.241. The highest BCUT2D eigenvalue weighted by Gasteiger charge is 2.14. The van der Waals surface area contributed by atoms with Crippen molar-refractivity contribution >= 4 is 12.1 Å². The van der Waals surface area contributed by atoms with Crippen molar-refractivity contribution in [3.8, 4) is 11.5 Å². The summed E-state index contributed by atoms with van der Waals surface area (Å²) in [5.74, 6) is 0.665. The molecule has 0 saturated carbocycles. The number of nitrogens with zero attached hydrogens (tertiary/aromatic N) is 2. The van der Waals surface area contributed by atoms with Crippen LogP contribution in [-0.2, 0) is 17.6 Å². The van der Waals surface area contributed by atoms with E-state index < -0.39 is 0 Å². The van der Waals surface area contributed by atoms with Gasteiger partial charge in [-0.25, -0.2) is 8.78 Å². The van der Waals surface area contributed by atoms with E-state index in [2.05, 4.69) is 17.0 Å². The monoisotopic (exact) mass is 491 g/mol. The average Bonchev–Trinajstić information content (AvgIpc) is 2.89. The first-order chi connectivity index (χ1) is 17.4. The van der Waals surface area contributed by atoms with E-state index in [-0.39, 0.29) is 30.0 Å². The van der Waals surface area contributed by atoms with Crippen LogP contribution in [0.5, 0.6) is 11.5 Å². The minimum Gasteiger partial charge on any atom is -0.457 e. The number of halogens is 2. The van der Waals surface area contributed by atoms with Crippen LogP contribution >= 0.6 is 0 Å². The zero-order valence-corrected chi connectivity index (χ0v) is 20.4. The third kappa shape index (κ3) is 8.98. The molecule has 36 heavy (non-hydrogen) atoms. The van der Waals surface area contributed by atoms with Crippen molar-refractivity contribution in [3.63, 3.8) is 0 Å². The third-order valence-corrected chi connectivity index (χ3v) is 5.62. The Morgan fingerprint density at radius 3 is 2.11 bits per heavy atom. The van der Waals surface area contributed by atoms with Crippen LogP contribution in [0.3, 0.4) is 0 Å². The van der Waals surface area contributed by atoms with Crippen molar-refractivity contribution in [2.45, 2.75) is 26.2 Å². The van der Waals surface area contributed by atoms with Gasteiger partial charge >= 0.3 is 0 Å². The maximum atomic E-state index is 13.3. The zero-order valence-electron chi connectivity index (χ0n) is 20.4. The Hall–Kier alpha value is -4.00. The molecule has 0 saturated heterocycles. The van der Waals surface area contributed by atoms with Crippen molar-refractivity contribution in [1.82, 2.24) is 10.3 Å². The summed E-state index contributed by atoms with van der Waals surface area (Å²) in [6, 6.07) is 20.1. The lowest BCUT2D eigenvalue weighted by molar-refractivity contribution is -0.121. The summed E-state index contributed by atoms with van der Waals surface area (Å²) < 4.78 is 32.2. The molecule has 188 valence electrons. The standard InChI is InChI=1S/C29H31F2N3O2/c1-3-33-34(4-2)21-29(35)32-20-24(19-23-7-11-25(30)12-8-23)6-5-22-9-15-27(16-10-22)36-28-17-13-26(31)14-18-28/h3-4,7-18,24H,2,5-6,19-21H2,1H3,(H,32,35)/b33-3-/t24-/m1/s1. The molecule has 1 amide bonds. The number of hydrogen-bond acceptors (Lipinski definition) is 4. The molecule has 0 fully saturated rings. The van der Waals surface area contributed by atoms with Crippen molar-refractivity contribution in [2.24, 2.45) is 11.0 Å². The van der Waals surface area contributed by atoms with Crippen molar-refractivity contribution < 1.29 is 18.3 Å². The average molecular weight is 492 g/mol. The number of aryl methyl sites for hydroxylation is 1. The summed E-state index contributed by atoms with van der Waals surface area (Å²) in [6.07, 6.45) is 5.44. The van der Waals surface area contributed by atoms with E-state index in [9.17, 15) is 13.6 Å². The summed E-state index contributed by atoms with van der Waals surface area (Å²) in [5, 5.41) is 8.53. The molecular formula is C29H31F2N3O2. The molecule has 3 rings (SSSR count). The molecule has 1 N–H and O–H groups in total. The predicted molar refractivity (Wildman–Crippen MR) is 139 cm³/mol. The Labute approximate surface area is 211 Å². The molecule has 7 heteroatoms. The van der Waals surface area contributed by atoms with Crippen molar-refractivity contribution in [2.75, 3.05) is 13.1 Å². The van der Waals surface area contributed by atoms with E-state index >= 15 is 0 Å². The Kier molecular flexibility index (Phi) is 10.2. The van der Waals surface area contributed by atoms with Gasteiger partial charge in [0.25, 0.3) is 0 Å². The van der Waals surface area contributed by atoms with Gasteiger partial charge in [-0.2, -0.15) is 5.10 Å². The van der Waals surface area contributed by atoms with E-state index in [1.165, 1.54) is 35.5 Å². The van der Waals surface area contributed by atoms with E-state index in [0.29, 0.717) is 24.5 Å². The van der Waals surface area contributed by atoms with Gasteiger partial charge in [0.2, 0.25) is 5.91 Å². The molecule has 0 aliphatic rings. The normalized spacial score (nSPS) is 11.8. The van der Waals surface area contributed by atoms with Crippen LogP contribution in [0.2, 0.25) is 0 Å². The maximum absolute atomic E-state index is 13.3. The van der Waals surface area contributed by atoms with Gasteiger partial charge in [-0.3, -0.25) is 9.80 Å². The SMILES string of the molecule is C=CN(CC(=O)NC[C@H](CCc1ccc(Oc2ccc(F)cc2)cc1)Cc1ccc(F)cc1)/N=C\C. The van der Waals surface area contributed by atoms with Gasteiger partial charge in [-0.15, -0.1) is 0 Å². The van der Waals surface area contributed by atoms with Gasteiger partial charge < -0.3 is 10.1 Å². The van der Waals surface area contributed by atoms with Gasteiger partial charge in [0.15, 0.2) is 0 Å². The molecule has 0 radical (unpaired) electrons. The van der Waals surface area contributed by atoms with E-state index in [1.54, 1.807) is 37.4 Å². The molecule has 3 aromatic carbocycles. The first kappa shape index (κ1) is 26.6. The molecule has 3 aromatic rings. The Morgan fingerprint density at radius 1 is 0.972 bits per heavy atom. The summed E-state index contributed by atoms with van der Waals surface area (Å²) >= 11 is 0. The second-order valence-corrected chi connectivity index (χ2v) is 8.39. The van der Waals surface area contributed by atoms with Crippen LogP contribution in [0, 0.1) is 17.6 Å². The number of amides is 1. The Bertz CT molecular complexity index is 1130. The van der Waals surface area contributed by atoms with Gasteiger partial charge in [-0.05, 0) is 91.8 Å². The van der Waals surface area contributed by atoms with Gasteiger partial charge in [0.1, 0.15) is 29.7 Å². The lowest BCUT2D eigenvalue weighted by atomic mass is 9.92. The number of rotatable bonds is 13. The van der Waals surface area contributed by atoms with Crippen LogP contribution in [0.25, 0.3) is 0 Å². The summed E-state index contributed by atoms with van der Waals surface area (Å²) in [7, 11) is 0. The van der Waals surface area contributed by atoms with Crippen LogP contribution in [0.4, 0.5) is 8.78 Å². The van der Waals surface area contributed by atoms with Gasteiger partial charge in [-0.1, -0.05) is 30.8 Å². The molecule has 0 aliphatic heterocycles. The second-order valence-electron chi connectivity index (χ2n) is 8.39. The minimum atomic E-state index is -0.309. The molecule has 0 aromatic heterocycles. The number of carbonyl (C=O) groups excluding carboxylic acids is 1. The quantitative estimate of drug-likeness (QED) is 0.232. The highest BCUT2D eigenvalue weighted by Crippen LogP contribution is 2.23. The third-order valence-electron chi connectivity index (χ3n) is 5.62. The van der Waals surface area contributed by atoms with E-state index in [1.807, 2.05) is 24.3 Å². The number of benzene rings is 3. The van der Waals surface area contributed by atoms with Crippen molar-refractivity contribution in [3.05, 3.63) is 108 Å². The number of ether oxygens (including phenoxy) is 1. The Balaban J connectivity index is 1.58. The summed E-state index contributed by atoms with van der Waals surface area (Å²) in [4.78, 5) is 12.4. The zero-order chi connectivity index (χ0) is 25.8. The molecule has 0 aliphatic carbocycles. The molecule has 0 heterocycles. The Morgan fingerprint density at radius 2 is 1.53 bits per heavy atom. The fourth-order valence-electron chi connectivity index (χ4n) is 3.73. The number of hydrogen-bond donors (Lipinski definition) is 1. The second kappa shape index (κ2) is 13.8.